The summed E-state index contributed by atoms with van der Waals surface area (Å²) >= 11 is 0. The molecule has 0 aromatic heterocycles. The van der Waals surface area contributed by atoms with Gasteiger partial charge in [-0.3, -0.25) is 34.6 Å². The number of aliphatic imine (C=N–C) groups is 4. The molecule has 2 aromatic rings. The van der Waals surface area contributed by atoms with Crippen LogP contribution in [0.2, 0.25) is 0 Å². The van der Waals surface area contributed by atoms with E-state index in [9.17, 15) is 19.2 Å². The molecule has 0 bridgehead atoms. The molecule has 6 rings (SSSR count). The van der Waals surface area contributed by atoms with Crippen molar-refractivity contribution in [2.24, 2.45) is 101 Å². The Labute approximate surface area is 468 Å². The fourth-order valence-corrected chi connectivity index (χ4v) is 7.55. The number of Topliss-reactive ketones (excluding diaryl/α,β-unsaturated/α-hetero) is 1. The first-order valence-electron chi connectivity index (χ1n) is 25.9. The van der Waals surface area contributed by atoms with Crippen molar-refractivity contribution in [1.29, 1.82) is 5.41 Å². The average Bonchev–Trinajstić information content (AvgIpc) is 4.22. The molecule has 0 saturated heterocycles. The molecule has 24 heteroatoms. The van der Waals surface area contributed by atoms with Crippen LogP contribution in [-0.2, 0) is 32.0 Å². The average molecular weight is 1110 g/mol. The van der Waals surface area contributed by atoms with Crippen LogP contribution in [-0.4, -0.2) is 116 Å². The largest absolute Gasteiger partial charge is 0.511 e. The Morgan fingerprint density at radius 1 is 0.613 bits per heavy atom. The number of carbonyl (C=O) groups is 4. The number of aliphatic hydroxyl groups excluding tert-OH is 2. The van der Waals surface area contributed by atoms with E-state index in [1.54, 1.807) is 44.4 Å². The number of carboxylic acid groups (broad SMARTS) is 3. The van der Waals surface area contributed by atoms with Crippen molar-refractivity contribution in [2.45, 2.75) is 122 Å². The fraction of sp³-hybridized carbons (Fsp3) is 0.446. The van der Waals surface area contributed by atoms with Gasteiger partial charge in [0, 0.05) is 62.4 Å². The van der Waals surface area contributed by atoms with Gasteiger partial charge in [0.15, 0.2) is 0 Å². The Bertz CT molecular complexity index is 2630. The van der Waals surface area contributed by atoms with Crippen LogP contribution in [0, 0.1) is 29.1 Å². The highest BCUT2D eigenvalue weighted by molar-refractivity contribution is 5.95. The molecule has 4 aliphatic heterocycles. The molecule has 440 valence electrons. The number of nitrogens with two attached hydrogens (primary N) is 10. The van der Waals surface area contributed by atoms with Gasteiger partial charge >= 0.3 is 17.9 Å². The lowest BCUT2D eigenvalue weighted by Crippen LogP contribution is -2.31. The van der Waals surface area contributed by atoms with Crippen LogP contribution in [0.25, 0.3) is 5.70 Å². The highest BCUT2D eigenvalue weighted by atomic mass is 16.4. The maximum absolute atomic E-state index is 10.8. The monoisotopic (exact) mass is 1110 g/mol. The smallest absolute Gasteiger partial charge is 0.320 e. The molecule has 0 fully saturated rings. The summed E-state index contributed by atoms with van der Waals surface area (Å²) in [5.74, 6) is 0.233. The normalized spacial score (nSPS) is 17.9. The molecule has 0 amide bonds. The SMILES string of the molecule is C=C(N)c1ccc(C[C@H](C)C(=O)O)cc1.C=C(O)[C@@H](N)CCC1=CN=C(N)C1.C=C(O)[C@@H](N)CCC1CN=C(N)C1.CC(=O)[C@@H](N)CC1CN=C(N)C1.C[C@@H](Cc1cccc(C(=N)N)c1)C(=O)O.NC1=NC=C(C[C@H](N)C(=O)O)C1. The van der Waals surface area contributed by atoms with Crippen molar-refractivity contribution in [3.63, 3.8) is 0 Å². The number of hydrogen-bond donors (Lipinski definition) is 16. The van der Waals surface area contributed by atoms with Gasteiger partial charge in [-0.2, -0.15) is 0 Å². The molecule has 2 unspecified atom stereocenters. The molecule has 24 nitrogen and oxygen atoms in total. The Morgan fingerprint density at radius 3 is 1.51 bits per heavy atom. The van der Waals surface area contributed by atoms with Crippen molar-refractivity contribution < 1.29 is 44.7 Å². The summed E-state index contributed by atoms with van der Waals surface area (Å²) in [5.41, 5.74) is 60.8. The number of nitrogen functional groups attached to an aromatic ring is 1. The minimum atomic E-state index is -0.999. The number of aliphatic carboxylic acids is 3. The van der Waals surface area contributed by atoms with Crippen LogP contribution >= 0.6 is 0 Å². The van der Waals surface area contributed by atoms with Crippen LogP contribution in [0.3, 0.4) is 0 Å². The Hall–Kier alpha value is -8.19. The molecule has 0 saturated carbocycles. The second-order valence-corrected chi connectivity index (χ2v) is 20.1. The molecule has 80 heavy (non-hydrogen) atoms. The van der Waals surface area contributed by atoms with Crippen molar-refractivity contribution in [3.05, 3.63) is 126 Å². The standard InChI is InChI=1S/C12H15NO2.C11H14N2O2.C9H17N3O.C9H15N3O.C8H15N3O.C7H11N3O2/c1-8(12(14)15)7-10-3-5-11(6-4-10)9(2)13;1-7(11(14)15)5-8-3-2-4-9(6-8)10(12)13;2*1-6(13)8(10)3-2-7-4-9(11)12-5-7;1-5(12)7(9)2-6-3-8(10)11-4-6;8-5(7(11)12)1-4-2-6(9)10-3-4/h3-6,8H,2,7,13H2,1H3,(H,14,15);2-4,6-7H,5H2,1H3,(H3,12,13)(H,14,15);7-8,13H,1-5,10H2,(H2,11,12);5,8,13H,1-4,10H2,(H2,11,12);6-7H,2-4,9H2,1H3,(H2,10,11);3,5H,1-2,8H2,(H2,9,10)(H,11,12)/t8-;7-;7?,8-;8-;6?,7-;5-/m000000/s1. The summed E-state index contributed by atoms with van der Waals surface area (Å²) in [6, 6.07) is 12.7. The maximum Gasteiger partial charge on any atom is 0.320 e. The highest BCUT2D eigenvalue weighted by Gasteiger charge is 2.22. The second-order valence-electron chi connectivity index (χ2n) is 20.1. The molecule has 0 radical (unpaired) electrons. The van der Waals surface area contributed by atoms with E-state index in [1.807, 2.05) is 30.3 Å². The van der Waals surface area contributed by atoms with Gasteiger partial charge in [-0.1, -0.05) is 76.0 Å². The van der Waals surface area contributed by atoms with Crippen LogP contribution in [0.5, 0.6) is 0 Å². The van der Waals surface area contributed by atoms with Gasteiger partial charge in [-0.15, -0.1) is 0 Å². The number of aliphatic hydroxyl groups is 2. The predicted molar refractivity (Wildman–Crippen MR) is 317 cm³/mol. The lowest BCUT2D eigenvalue weighted by atomic mass is 9.97. The first-order valence-corrected chi connectivity index (χ1v) is 25.9. The number of carboxylic acids is 3. The van der Waals surface area contributed by atoms with Gasteiger partial charge in [0.2, 0.25) is 0 Å². The van der Waals surface area contributed by atoms with E-state index in [0.29, 0.717) is 79.1 Å². The summed E-state index contributed by atoms with van der Waals surface area (Å²) in [6.07, 6.45) is 11.5. The number of ketones is 1. The summed E-state index contributed by atoms with van der Waals surface area (Å²) in [7, 11) is 0. The van der Waals surface area contributed by atoms with E-state index in [-0.39, 0.29) is 47.2 Å². The summed E-state index contributed by atoms with van der Waals surface area (Å²) in [4.78, 5) is 58.4. The van der Waals surface area contributed by atoms with Gasteiger partial charge in [0.05, 0.1) is 41.6 Å². The van der Waals surface area contributed by atoms with Crippen LogP contribution < -0.4 is 57.3 Å². The summed E-state index contributed by atoms with van der Waals surface area (Å²) < 4.78 is 0. The lowest BCUT2D eigenvalue weighted by Gasteiger charge is -2.12. The van der Waals surface area contributed by atoms with Gasteiger partial charge in [0.25, 0.3) is 0 Å². The van der Waals surface area contributed by atoms with Gasteiger partial charge in [-0.05, 0) is 104 Å². The highest BCUT2D eigenvalue weighted by Crippen LogP contribution is 2.21. The van der Waals surface area contributed by atoms with Gasteiger partial charge in [-0.25, -0.2) is 9.98 Å². The summed E-state index contributed by atoms with van der Waals surface area (Å²) in [6.45, 7) is 16.8. The molecule has 4 aliphatic rings. The van der Waals surface area contributed by atoms with Crippen LogP contribution in [0.1, 0.15) is 107 Å². The topological polar surface area (TPSA) is 503 Å². The fourth-order valence-electron chi connectivity index (χ4n) is 7.55. The van der Waals surface area contributed by atoms with Crippen molar-refractivity contribution in [3.8, 4) is 0 Å². The zero-order valence-corrected chi connectivity index (χ0v) is 46.3. The van der Waals surface area contributed by atoms with Crippen LogP contribution in [0.15, 0.2) is 123 Å². The first kappa shape index (κ1) is 69.8. The number of rotatable bonds is 22. The molecule has 4 heterocycles. The number of carbonyl (C=O) groups excluding carboxylic acids is 1. The van der Waals surface area contributed by atoms with E-state index < -0.39 is 29.9 Å². The van der Waals surface area contributed by atoms with E-state index in [2.05, 4.69) is 39.7 Å². The molecule has 0 spiro atoms. The Kier molecular flexibility index (Phi) is 31.5. The number of benzene rings is 2. The number of nitrogens with one attached hydrogen (secondary N) is 1. The van der Waals surface area contributed by atoms with E-state index >= 15 is 0 Å². The van der Waals surface area contributed by atoms with E-state index in [0.717, 1.165) is 85.3 Å². The van der Waals surface area contributed by atoms with Crippen LogP contribution in [0.4, 0.5) is 0 Å². The zero-order valence-electron chi connectivity index (χ0n) is 46.3. The summed E-state index contributed by atoms with van der Waals surface area (Å²) in [5, 5.41) is 51.2. The quantitative estimate of drug-likeness (QED) is 0.0455. The third-order valence-corrected chi connectivity index (χ3v) is 12.7. The minimum Gasteiger partial charge on any atom is -0.511 e. The van der Waals surface area contributed by atoms with Gasteiger partial charge in [0.1, 0.15) is 40.9 Å². The minimum absolute atomic E-state index is 0.000159. The van der Waals surface area contributed by atoms with Crippen molar-refractivity contribution in [2.75, 3.05) is 13.1 Å². The first-order chi connectivity index (χ1) is 37.4. The third-order valence-electron chi connectivity index (χ3n) is 12.7. The number of amidine groups is 5. The van der Waals surface area contributed by atoms with E-state index in [1.165, 1.54) is 6.92 Å². The molecular formula is C56H87N15O9. The molecule has 0 aliphatic carbocycles. The molecule has 8 atom stereocenters. The lowest BCUT2D eigenvalue weighted by molar-refractivity contribution is -0.142. The molecule has 26 N–H and O–H groups in total. The predicted octanol–water partition coefficient (Wildman–Crippen LogP) is 3.57. The number of nitrogens with zero attached hydrogens (tertiary/aromatic N) is 4. The Balaban J connectivity index is 0.000000481. The van der Waals surface area contributed by atoms with Gasteiger partial charge < -0.3 is 82.9 Å². The second kappa shape index (κ2) is 36.1. The third kappa shape index (κ3) is 29.5. The Morgan fingerprint density at radius 2 is 1.10 bits per heavy atom. The van der Waals surface area contributed by atoms with Crippen molar-refractivity contribution >= 4 is 58.6 Å². The zero-order chi connectivity index (χ0) is 60.8. The molecular weight excluding hydrogens is 1030 g/mol. The number of hydrogen-bond acceptors (Lipinski definition) is 20. The molecule has 2 aromatic carbocycles. The van der Waals surface area contributed by atoms with E-state index in [4.69, 9.17) is 88.3 Å². The maximum atomic E-state index is 10.8. The van der Waals surface area contributed by atoms with Crippen molar-refractivity contribution in [1.82, 2.24) is 0 Å².